The summed E-state index contributed by atoms with van der Waals surface area (Å²) in [6.45, 7) is 1.22. The topological polar surface area (TPSA) is 67.7 Å². The third-order valence-corrected chi connectivity index (χ3v) is 8.04. The molecular formula is C24H32N4O2. The standard InChI is InChI=1S/C24H32N4O2/c1-26(2)24(20-7-4-3-5-8-20)13-11-23(12-14-24)19-27(15-16-29)21(30)28(23)18-22(17-25)9-6-10-22/h3-5,7-8,16H,6,9-15,18-19H2,1-2H3. The van der Waals surface area contributed by atoms with Gasteiger partial charge in [-0.25, -0.2) is 4.79 Å². The van der Waals surface area contributed by atoms with Crippen molar-refractivity contribution in [2.45, 2.75) is 56.0 Å². The number of urea groups is 1. The fraction of sp³-hybridized carbons (Fsp3) is 0.625. The Morgan fingerprint density at radius 1 is 1.10 bits per heavy atom. The van der Waals surface area contributed by atoms with Crippen molar-refractivity contribution in [1.29, 1.82) is 5.26 Å². The molecule has 2 amide bonds. The van der Waals surface area contributed by atoms with Gasteiger partial charge in [0.1, 0.15) is 6.29 Å². The molecule has 2 saturated carbocycles. The summed E-state index contributed by atoms with van der Waals surface area (Å²) in [7, 11) is 4.28. The van der Waals surface area contributed by atoms with Crippen LogP contribution in [0.5, 0.6) is 0 Å². The van der Waals surface area contributed by atoms with E-state index in [1.165, 1.54) is 5.56 Å². The summed E-state index contributed by atoms with van der Waals surface area (Å²) < 4.78 is 0. The van der Waals surface area contributed by atoms with Gasteiger partial charge in [-0.05, 0) is 58.2 Å². The van der Waals surface area contributed by atoms with Crippen LogP contribution in [-0.4, -0.2) is 66.3 Å². The molecule has 6 nitrogen and oxygen atoms in total. The number of amides is 2. The predicted molar refractivity (Wildman–Crippen MR) is 115 cm³/mol. The molecular weight excluding hydrogens is 376 g/mol. The second-order valence-electron chi connectivity index (χ2n) is 9.68. The molecule has 1 spiro atoms. The van der Waals surface area contributed by atoms with Gasteiger partial charge >= 0.3 is 6.03 Å². The summed E-state index contributed by atoms with van der Waals surface area (Å²) in [6, 6.07) is 13.1. The highest BCUT2D eigenvalue weighted by Crippen LogP contribution is 2.51. The van der Waals surface area contributed by atoms with Crippen LogP contribution in [0, 0.1) is 16.7 Å². The van der Waals surface area contributed by atoms with E-state index in [9.17, 15) is 14.9 Å². The molecule has 1 saturated heterocycles. The minimum atomic E-state index is -0.407. The number of hydrogen-bond acceptors (Lipinski definition) is 4. The van der Waals surface area contributed by atoms with Crippen LogP contribution in [0.15, 0.2) is 30.3 Å². The average Bonchev–Trinajstić information content (AvgIpc) is 2.97. The molecule has 1 aliphatic heterocycles. The Morgan fingerprint density at radius 3 is 2.27 bits per heavy atom. The van der Waals surface area contributed by atoms with Crippen LogP contribution in [0.25, 0.3) is 0 Å². The molecule has 3 fully saturated rings. The number of nitrogens with zero attached hydrogens (tertiary/aromatic N) is 4. The summed E-state index contributed by atoms with van der Waals surface area (Å²) in [5, 5.41) is 9.78. The number of rotatable bonds is 6. The van der Waals surface area contributed by atoms with E-state index in [1.54, 1.807) is 4.90 Å². The largest absolute Gasteiger partial charge is 0.321 e. The van der Waals surface area contributed by atoms with Gasteiger partial charge in [-0.15, -0.1) is 0 Å². The first-order valence-corrected chi connectivity index (χ1v) is 11.0. The zero-order valence-electron chi connectivity index (χ0n) is 18.1. The summed E-state index contributed by atoms with van der Waals surface area (Å²) in [4.78, 5) is 30.4. The first-order chi connectivity index (χ1) is 14.4. The minimum Gasteiger partial charge on any atom is -0.316 e. The molecule has 0 N–H and O–H groups in total. The van der Waals surface area contributed by atoms with E-state index in [4.69, 9.17) is 0 Å². The highest BCUT2D eigenvalue weighted by Gasteiger charge is 2.56. The monoisotopic (exact) mass is 408 g/mol. The zero-order valence-corrected chi connectivity index (χ0v) is 18.1. The van der Waals surface area contributed by atoms with Crippen molar-refractivity contribution in [3.8, 4) is 6.07 Å². The molecule has 160 valence electrons. The predicted octanol–water partition coefficient (Wildman–Crippen LogP) is 3.39. The third kappa shape index (κ3) is 3.20. The van der Waals surface area contributed by atoms with Gasteiger partial charge in [0.15, 0.2) is 0 Å². The molecule has 0 bridgehead atoms. The highest BCUT2D eigenvalue weighted by molar-refractivity contribution is 5.80. The molecule has 0 radical (unpaired) electrons. The summed E-state index contributed by atoms with van der Waals surface area (Å²) >= 11 is 0. The quantitative estimate of drug-likeness (QED) is 0.677. The minimum absolute atomic E-state index is 0.0529. The van der Waals surface area contributed by atoms with E-state index in [1.807, 2.05) is 11.0 Å². The Morgan fingerprint density at radius 2 is 1.77 bits per heavy atom. The zero-order chi connectivity index (χ0) is 21.4. The van der Waals surface area contributed by atoms with Crippen molar-refractivity contribution in [3.63, 3.8) is 0 Å². The maximum absolute atomic E-state index is 13.2. The van der Waals surface area contributed by atoms with E-state index in [0.717, 1.165) is 51.2 Å². The number of nitriles is 1. The van der Waals surface area contributed by atoms with Crippen LogP contribution in [0.2, 0.25) is 0 Å². The highest BCUT2D eigenvalue weighted by atomic mass is 16.2. The fourth-order valence-corrected chi connectivity index (χ4v) is 5.86. The Bertz CT molecular complexity index is 833. The van der Waals surface area contributed by atoms with Crippen LogP contribution in [0.1, 0.15) is 50.5 Å². The van der Waals surface area contributed by atoms with Crippen LogP contribution >= 0.6 is 0 Å². The first-order valence-electron chi connectivity index (χ1n) is 11.0. The Labute approximate surface area is 179 Å². The molecule has 1 aromatic rings. The normalized spacial score (nSPS) is 30.4. The van der Waals surface area contributed by atoms with Crippen molar-refractivity contribution < 1.29 is 9.59 Å². The van der Waals surface area contributed by atoms with Crippen molar-refractivity contribution in [2.24, 2.45) is 5.41 Å². The fourth-order valence-electron chi connectivity index (χ4n) is 5.86. The molecule has 2 aliphatic carbocycles. The van der Waals surface area contributed by atoms with E-state index < -0.39 is 5.41 Å². The maximum atomic E-state index is 13.2. The molecule has 30 heavy (non-hydrogen) atoms. The maximum Gasteiger partial charge on any atom is 0.321 e. The Balaban J connectivity index is 1.62. The third-order valence-electron chi connectivity index (χ3n) is 8.04. The van der Waals surface area contributed by atoms with Gasteiger partial charge in [0.25, 0.3) is 0 Å². The van der Waals surface area contributed by atoms with Crippen LogP contribution in [0.4, 0.5) is 4.79 Å². The van der Waals surface area contributed by atoms with Gasteiger partial charge in [0, 0.05) is 18.6 Å². The average molecular weight is 409 g/mol. The van der Waals surface area contributed by atoms with Gasteiger partial charge in [0.2, 0.25) is 0 Å². The van der Waals surface area contributed by atoms with E-state index in [2.05, 4.69) is 49.3 Å². The number of carbonyl (C=O) groups excluding carboxylic acids is 2. The van der Waals surface area contributed by atoms with Gasteiger partial charge < -0.3 is 14.6 Å². The number of benzene rings is 1. The first kappa shape index (κ1) is 20.9. The Kier molecular flexibility index (Phi) is 5.36. The van der Waals surface area contributed by atoms with Crippen molar-refractivity contribution in [3.05, 3.63) is 35.9 Å². The lowest BCUT2D eigenvalue weighted by molar-refractivity contribution is -0.108. The van der Waals surface area contributed by atoms with Crippen molar-refractivity contribution >= 4 is 12.3 Å². The molecule has 0 unspecified atom stereocenters. The van der Waals surface area contributed by atoms with Gasteiger partial charge in [-0.3, -0.25) is 4.90 Å². The van der Waals surface area contributed by atoms with E-state index in [-0.39, 0.29) is 23.7 Å². The SMILES string of the molecule is CN(C)C1(c2ccccc2)CCC2(CC1)CN(CC=O)C(=O)N2CC1(C#N)CCC1. The smallest absolute Gasteiger partial charge is 0.316 e. The lowest BCUT2D eigenvalue weighted by Crippen LogP contribution is -2.57. The van der Waals surface area contributed by atoms with Crippen LogP contribution < -0.4 is 0 Å². The number of aldehydes is 1. The van der Waals surface area contributed by atoms with Crippen molar-refractivity contribution in [2.75, 3.05) is 33.7 Å². The molecule has 0 aromatic heterocycles. The number of carbonyl (C=O) groups is 2. The molecule has 4 rings (SSSR count). The van der Waals surface area contributed by atoms with Crippen LogP contribution in [-0.2, 0) is 10.3 Å². The Hall–Kier alpha value is -2.39. The lowest BCUT2D eigenvalue weighted by Gasteiger charge is -2.52. The molecule has 6 heteroatoms. The van der Waals surface area contributed by atoms with E-state index in [0.29, 0.717) is 13.1 Å². The second kappa shape index (κ2) is 7.70. The number of hydrogen-bond donors (Lipinski definition) is 0. The summed E-state index contributed by atoms with van der Waals surface area (Å²) in [6.07, 6.45) is 7.25. The van der Waals surface area contributed by atoms with Gasteiger partial charge in [0.05, 0.1) is 23.6 Å². The molecule has 1 aromatic carbocycles. The molecule has 1 heterocycles. The van der Waals surface area contributed by atoms with Gasteiger partial charge in [-0.1, -0.05) is 36.8 Å². The van der Waals surface area contributed by atoms with Crippen molar-refractivity contribution in [1.82, 2.24) is 14.7 Å². The molecule has 0 atom stereocenters. The summed E-state index contributed by atoms with van der Waals surface area (Å²) in [5.41, 5.74) is 0.573. The summed E-state index contributed by atoms with van der Waals surface area (Å²) in [5.74, 6) is 0. The van der Waals surface area contributed by atoms with Gasteiger partial charge in [-0.2, -0.15) is 5.26 Å². The lowest BCUT2D eigenvalue weighted by atomic mass is 9.66. The van der Waals surface area contributed by atoms with E-state index >= 15 is 0 Å². The molecule has 3 aliphatic rings. The second-order valence-corrected chi connectivity index (χ2v) is 9.68. The van der Waals surface area contributed by atoms with Crippen LogP contribution in [0.3, 0.4) is 0 Å².